The molecule has 15 heavy (non-hydrogen) atoms. The Labute approximate surface area is 94.8 Å². The predicted octanol–water partition coefficient (Wildman–Crippen LogP) is 0.695. The summed E-state index contributed by atoms with van der Waals surface area (Å²) in [5.41, 5.74) is 0. The molecule has 0 radical (unpaired) electrons. The van der Waals surface area contributed by atoms with Gasteiger partial charge in [-0.05, 0) is 19.1 Å². The van der Waals surface area contributed by atoms with Crippen LogP contribution in [0.2, 0.25) is 0 Å². The molecule has 6 heteroatoms. The lowest BCUT2D eigenvalue weighted by atomic mass is 10.4. The van der Waals surface area contributed by atoms with Crippen molar-refractivity contribution in [1.29, 1.82) is 0 Å². The second-order valence-corrected chi connectivity index (χ2v) is 6.56. The number of rotatable bonds is 6. The molecule has 1 aromatic rings. The van der Waals surface area contributed by atoms with Crippen molar-refractivity contribution in [3.63, 3.8) is 0 Å². The fourth-order valence-electron chi connectivity index (χ4n) is 1.12. The molecule has 0 spiro atoms. The van der Waals surface area contributed by atoms with Gasteiger partial charge >= 0.3 is 0 Å². The summed E-state index contributed by atoms with van der Waals surface area (Å²) in [6.07, 6.45) is 1.16. The van der Waals surface area contributed by atoms with Gasteiger partial charge in [0.25, 0.3) is 0 Å². The molecule has 0 aliphatic heterocycles. The van der Waals surface area contributed by atoms with Gasteiger partial charge in [-0.2, -0.15) is 0 Å². The van der Waals surface area contributed by atoms with Crippen molar-refractivity contribution in [3.8, 4) is 0 Å². The van der Waals surface area contributed by atoms with Gasteiger partial charge in [-0.15, -0.1) is 11.3 Å². The molecule has 0 unspecified atom stereocenters. The lowest BCUT2D eigenvalue weighted by molar-refractivity contribution is 0.582. The SMILES string of the molecule is Cc1ccc(CNCCNS(C)(=O)=O)s1. The van der Waals surface area contributed by atoms with Gasteiger partial charge in [0.1, 0.15) is 0 Å². The normalized spacial score (nSPS) is 11.9. The van der Waals surface area contributed by atoms with Crippen molar-refractivity contribution in [1.82, 2.24) is 10.0 Å². The van der Waals surface area contributed by atoms with Gasteiger partial charge in [-0.3, -0.25) is 0 Å². The van der Waals surface area contributed by atoms with E-state index in [0.717, 1.165) is 12.8 Å². The van der Waals surface area contributed by atoms with E-state index in [4.69, 9.17) is 0 Å². The maximum absolute atomic E-state index is 10.7. The van der Waals surface area contributed by atoms with Crippen LogP contribution in [0.25, 0.3) is 0 Å². The summed E-state index contributed by atoms with van der Waals surface area (Å²) in [6, 6.07) is 4.16. The molecule has 0 saturated carbocycles. The second-order valence-electron chi connectivity index (χ2n) is 3.36. The summed E-state index contributed by atoms with van der Waals surface area (Å²) in [7, 11) is -3.05. The van der Waals surface area contributed by atoms with Crippen LogP contribution < -0.4 is 10.0 Å². The average Bonchev–Trinajstić information content (AvgIpc) is 2.49. The Balaban J connectivity index is 2.12. The molecular formula is C9H16N2O2S2. The quantitative estimate of drug-likeness (QED) is 0.728. The smallest absolute Gasteiger partial charge is 0.208 e. The third-order valence-corrected chi connectivity index (χ3v) is 3.49. The van der Waals surface area contributed by atoms with E-state index in [1.165, 1.54) is 9.75 Å². The maximum Gasteiger partial charge on any atom is 0.208 e. The van der Waals surface area contributed by atoms with Crippen LogP contribution in [0, 0.1) is 6.92 Å². The molecule has 0 aromatic carbocycles. The topological polar surface area (TPSA) is 58.2 Å². The summed E-state index contributed by atoms with van der Waals surface area (Å²) in [5.74, 6) is 0. The number of hydrogen-bond donors (Lipinski definition) is 2. The Morgan fingerprint density at radius 1 is 1.33 bits per heavy atom. The molecule has 86 valence electrons. The largest absolute Gasteiger partial charge is 0.311 e. The molecule has 1 heterocycles. The zero-order valence-corrected chi connectivity index (χ0v) is 10.5. The first-order chi connectivity index (χ1) is 6.97. The van der Waals surface area contributed by atoms with Crippen LogP contribution in [0.1, 0.15) is 9.75 Å². The van der Waals surface area contributed by atoms with Gasteiger partial charge in [0.2, 0.25) is 10.0 Å². The number of thiophene rings is 1. The van der Waals surface area contributed by atoms with E-state index >= 15 is 0 Å². The predicted molar refractivity (Wildman–Crippen MR) is 63.6 cm³/mol. The van der Waals surface area contributed by atoms with E-state index < -0.39 is 10.0 Å². The van der Waals surface area contributed by atoms with Gasteiger partial charge in [-0.25, -0.2) is 13.1 Å². The summed E-state index contributed by atoms with van der Waals surface area (Å²) >= 11 is 1.75. The first-order valence-corrected chi connectivity index (χ1v) is 7.39. The van der Waals surface area contributed by atoms with Gasteiger partial charge in [0, 0.05) is 29.4 Å². The van der Waals surface area contributed by atoms with Crippen LogP contribution in [0.15, 0.2) is 12.1 Å². The first-order valence-electron chi connectivity index (χ1n) is 4.68. The number of sulfonamides is 1. The van der Waals surface area contributed by atoms with Crippen LogP contribution in [-0.2, 0) is 16.6 Å². The van der Waals surface area contributed by atoms with Gasteiger partial charge in [0.05, 0.1) is 6.26 Å². The standard InChI is InChI=1S/C9H16N2O2S2/c1-8-3-4-9(14-8)7-10-5-6-11-15(2,12)13/h3-4,10-11H,5-7H2,1-2H3. The van der Waals surface area contributed by atoms with Crippen LogP contribution in [0.3, 0.4) is 0 Å². The summed E-state index contributed by atoms with van der Waals surface area (Å²) in [4.78, 5) is 2.56. The highest BCUT2D eigenvalue weighted by Crippen LogP contribution is 2.14. The average molecular weight is 248 g/mol. The molecule has 0 bridgehead atoms. The Hall–Kier alpha value is -0.430. The molecule has 0 aliphatic rings. The zero-order chi connectivity index (χ0) is 11.3. The highest BCUT2D eigenvalue weighted by atomic mass is 32.2. The fraction of sp³-hybridized carbons (Fsp3) is 0.556. The van der Waals surface area contributed by atoms with E-state index in [9.17, 15) is 8.42 Å². The van der Waals surface area contributed by atoms with E-state index in [1.54, 1.807) is 11.3 Å². The number of aryl methyl sites for hydroxylation is 1. The van der Waals surface area contributed by atoms with Gasteiger partial charge < -0.3 is 5.32 Å². The first kappa shape index (κ1) is 12.6. The molecule has 0 amide bonds. The van der Waals surface area contributed by atoms with Crippen molar-refractivity contribution in [2.75, 3.05) is 19.3 Å². The minimum atomic E-state index is -3.05. The molecule has 0 atom stereocenters. The van der Waals surface area contributed by atoms with Crippen LogP contribution >= 0.6 is 11.3 Å². The third kappa shape index (κ3) is 5.88. The molecule has 1 rings (SSSR count). The van der Waals surface area contributed by atoms with Crippen molar-refractivity contribution >= 4 is 21.4 Å². The highest BCUT2D eigenvalue weighted by molar-refractivity contribution is 7.88. The van der Waals surface area contributed by atoms with Crippen LogP contribution in [-0.4, -0.2) is 27.8 Å². The molecule has 0 fully saturated rings. The molecule has 4 nitrogen and oxygen atoms in total. The van der Waals surface area contributed by atoms with Crippen LogP contribution in [0.4, 0.5) is 0 Å². The Morgan fingerprint density at radius 2 is 2.07 bits per heavy atom. The number of nitrogens with one attached hydrogen (secondary N) is 2. The van der Waals surface area contributed by atoms with Crippen LogP contribution in [0.5, 0.6) is 0 Å². The third-order valence-electron chi connectivity index (χ3n) is 1.76. The fourth-order valence-corrected chi connectivity index (χ4v) is 2.45. The Kier molecular flexibility index (Phi) is 4.72. The van der Waals surface area contributed by atoms with E-state index in [1.807, 2.05) is 0 Å². The minimum absolute atomic E-state index is 0.434. The molecule has 0 saturated heterocycles. The molecule has 0 aliphatic carbocycles. The molecule has 1 aromatic heterocycles. The van der Waals surface area contributed by atoms with Crippen molar-refractivity contribution < 1.29 is 8.42 Å². The Morgan fingerprint density at radius 3 is 2.60 bits per heavy atom. The summed E-state index contributed by atoms with van der Waals surface area (Å²) < 4.78 is 23.9. The Bertz CT molecular complexity index is 398. The van der Waals surface area contributed by atoms with E-state index in [2.05, 4.69) is 29.1 Å². The van der Waals surface area contributed by atoms with E-state index in [0.29, 0.717) is 13.1 Å². The number of hydrogen-bond acceptors (Lipinski definition) is 4. The van der Waals surface area contributed by atoms with Crippen molar-refractivity contribution in [2.24, 2.45) is 0 Å². The van der Waals surface area contributed by atoms with Gasteiger partial charge in [-0.1, -0.05) is 0 Å². The second kappa shape index (κ2) is 5.60. The molecular weight excluding hydrogens is 232 g/mol. The summed E-state index contributed by atoms with van der Waals surface area (Å²) in [5, 5.41) is 3.17. The maximum atomic E-state index is 10.7. The van der Waals surface area contributed by atoms with Crippen molar-refractivity contribution in [2.45, 2.75) is 13.5 Å². The lowest BCUT2D eigenvalue weighted by Gasteiger charge is -2.03. The zero-order valence-electron chi connectivity index (χ0n) is 8.91. The minimum Gasteiger partial charge on any atom is -0.311 e. The van der Waals surface area contributed by atoms with E-state index in [-0.39, 0.29) is 0 Å². The van der Waals surface area contributed by atoms with Crippen molar-refractivity contribution in [3.05, 3.63) is 21.9 Å². The summed E-state index contributed by atoms with van der Waals surface area (Å²) in [6.45, 7) is 3.94. The highest BCUT2D eigenvalue weighted by Gasteiger charge is 1.99. The van der Waals surface area contributed by atoms with Gasteiger partial charge in [0.15, 0.2) is 0 Å². The molecule has 2 N–H and O–H groups in total. The lowest BCUT2D eigenvalue weighted by Crippen LogP contribution is -2.30. The monoisotopic (exact) mass is 248 g/mol.